The summed E-state index contributed by atoms with van der Waals surface area (Å²) in [7, 11) is 0. The van der Waals surface area contributed by atoms with Gasteiger partial charge in [0.15, 0.2) is 0 Å². The lowest BCUT2D eigenvalue weighted by molar-refractivity contribution is 0.342. The largest absolute Gasteiger partial charge is 0.493 e. The van der Waals surface area contributed by atoms with Crippen LogP contribution in [0.25, 0.3) is 0 Å². The Morgan fingerprint density at radius 1 is 0.944 bits per heavy atom. The second-order valence-corrected chi connectivity index (χ2v) is 5.46. The summed E-state index contributed by atoms with van der Waals surface area (Å²) < 4.78 is 11.5. The van der Waals surface area contributed by atoms with Gasteiger partial charge >= 0.3 is 0 Å². The molecule has 3 aliphatic heterocycles. The van der Waals surface area contributed by atoms with E-state index in [1.165, 1.54) is 24.0 Å². The first-order valence-corrected chi connectivity index (χ1v) is 7.08. The summed E-state index contributed by atoms with van der Waals surface area (Å²) >= 11 is 0. The molecule has 1 fully saturated rings. The third-order valence-corrected chi connectivity index (χ3v) is 4.47. The summed E-state index contributed by atoms with van der Waals surface area (Å²) in [5.74, 6) is 2.88. The molecule has 1 aromatic carbocycles. The summed E-state index contributed by atoms with van der Waals surface area (Å²) in [6.45, 7) is 3.97. The van der Waals surface area contributed by atoms with E-state index in [-0.39, 0.29) is 0 Å². The zero-order valence-electron chi connectivity index (χ0n) is 10.6. The third kappa shape index (κ3) is 1.53. The number of piperidine rings is 1. The van der Waals surface area contributed by atoms with Gasteiger partial charge in [-0.3, -0.25) is 0 Å². The van der Waals surface area contributed by atoms with Crippen LogP contribution in [0, 0.1) is 0 Å². The van der Waals surface area contributed by atoms with Gasteiger partial charge in [-0.05, 0) is 37.4 Å². The topological polar surface area (TPSA) is 30.5 Å². The molecule has 96 valence electrons. The van der Waals surface area contributed by atoms with Crippen molar-refractivity contribution < 1.29 is 9.47 Å². The average Bonchev–Trinajstić information content (AvgIpc) is 3.04. The van der Waals surface area contributed by atoms with Crippen LogP contribution in [0.2, 0.25) is 0 Å². The maximum atomic E-state index is 5.76. The summed E-state index contributed by atoms with van der Waals surface area (Å²) in [5.41, 5.74) is 4.54. The van der Waals surface area contributed by atoms with E-state index in [0.29, 0.717) is 5.92 Å². The smallest absolute Gasteiger partial charge is 0.126 e. The highest BCUT2D eigenvalue weighted by atomic mass is 16.5. The third-order valence-electron chi connectivity index (χ3n) is 4.47. The van der Waals surface area contributed by atoms with E-state index in [0.717, 1.165) is 50.6 Å². The summed E-state index contributed by atoms with van der Waals surface area (Å²) in [6, 6.07) is 2.12. The molecule has 0 aromatic heterocycles. The molecule has 0 bridgehead atoms. The van der Waals surface area contributed by atoms with Gasteiger partial charge in [-0.2, -0.15) is 0 Å². The molecule has 3 heteroatoms. The second-order valence-electron chi connectivity index (χ2n) is 5.46. The van der Waals surface area contributed by atoms with Crippen molar-refractivity contribution in [2.75, 3.05) is 26.3 Å². The molecule has 1 saturated heterocycles. The van der Waals surface area contributed by atoms with Crippen LogP contribution in [-0.4, -0.2) is 26.3 Å². The van der Waals surface area contributed by atoms with Crippen LogP contribution in [0.3, 0.4) is 0 Å². The maximum Gasteiger partial charge on any atom is 0.126 e. The zero-order chi connectivity index (χ0) is 11.9. The average molecular weight is 245 g/mol. The van der Waals surface area contributed by atoms with E-state index in [1.807, 2.05) is 0 Å². The molecule has 0 aliphatic carbocycles. The number of rotatable bonds is 1. The molecule has 0 atom stereocenters. The van der Waals surface area contributed by atoms with Crippen LogP contribution >= 0.6 is 0 Å². The molecule has 18 heavy (non-hydrogen) atoms. The van der Waals surface area contributed by atoms with Gasteiger partial charge in [-0.15, -0.1) is 0 Å². The highest BCUT2D eigenvalue weighted by molar-refractivity contribution is 5.57. The van der Waals surface area contributed by atoms with Crippen LogP contribution in [0.4, 0.5) is 0 Å². The molecule has 0 spiro atoms. The number of fused-ring (bicyclic) bond motifs is 2. The Morgan fingerprint density at radius 3 is 2.17 bits per heavy atom. The highest BCUT2D eigenvalue weighted by Crippen LogP contribution is 2.44. The van der Waals surface area contributed by atoms with Crippen molar-refractivity contribution in [3.05, 3.63) is 22.8 Å². The summed E-state index contributed by atoms with van der Waals surface area (Å²) in [6.07, 6.45) is 4.68. The molecular weight excluding hydrogens is 226 g/mol. The highest BCUT2D eigenvalue weighted by Gasteiger charge is 2.30. The van der Waals surface area contributed by atoms with Crippen LogP contribution in [0.15, 0.2) is 6.07 Å². The van der Waals surface area contributed by atoms with Gasteiger partial charge in [0.2, 0.25) is 0 Å². The predicted octanol–water partition coefficient (Wildman–Crippen LogP) is 2.02. The number of hydrogen-bond acceptors (Lipinski definition) is 3. The fourth-order valence-corrected chi connectivity index (χ4v) is 3.64. The van der Waals surface area contributed by atoms with E-state index in [9.17, 15) is 0 Å². The lowest BCUT2D eigenvalue weighted by Crippen LogP contribution is -2.27. The van der Waals surface area contributed by atoms with E-state index in [4.69, 9.17) is 9.47 Å². The van der Waals surface area contributed by atoms with Gasteiger partial charge < -0.3 is 14.8 Å². The Kier molecular flexibility index (Phi) is 2.47. The number of hydrogen-bond donors (Lipinski definition) is 1. The first kappa shape index (κ1) is 10.7. The van der Waals surface area contributed by atoms with Crippen LogP contribution in [0.1, 0.15) is 35.4 Å². The minimum absolute atomic E-state index is 0.707. The van der Waals surface area contributed by atoms with Gasteiger partial charge in [0.25, 0.3) is 0 Å². The molecular formula is C15H19NO2. The first-order valence-electron chi connectivity index (χ1n) is 7.08. The van der Waals surface area contributed by atoms with Crippen LogP contribution in [-0.2, 0) is 12.8 Å². The van der Waals surface area contributed by atoms with Crippen molar-refractivity contribution in [3.63, 3.8) is 0 Å². The molecule has 3 nitrogen and oxygen atoms in total. The van der Waals surface area contributed by atoms with Gasteiger partial charge in [0.05, 0.1) is 13.2 Å². The lowest BCUT2D eigenvalue weighted by Gasteiger charge is -2.26. The molecule has 0 saturated carbocycles. The second kappa shape index (κ2) is 4.16. The minimum Gasteiger partial charge on any atom is -0.493 e. The van der Waals surface area contributed by atoms with E-state index in [2.05, 4.69) is 11.4 Å². The van der Waals surface area contributed by atoms with Crippen molar-refractivity contribution in [2.45, 2.75) is 31.6 Å². The van der Waals surface area contributed by atoms with E-state index >= 15 is 0 Å². The molecule has 1 N–H and O–H groups in total. The van der Waals surface area contributed by atoms with Crippen LogP contribution in [0.5, 0.6) is 11.5 Å². The quantitative estimate of drug-likeness (QED) is 0.821. The van der Waals surface area contributed by atoms with Crippen molar-refractivity contribution >= 4 is 0 Å². The van der Waals surface area contributed by atoms with Crippen LogP contribution < -0.4 is 14.8 Å². The monoisotopic (exact) mass is 245 g/mol. The number of ether oxygens (including phenoxy) is 2. The van der Waals surface area contributed by atoms with Crippen molar-refractivity contribution in [1.82, 2.24) is 5.32 Å². The van der Waals surface area contributed by atoms with Gasteiger partial charge in [-0.1, -0.05) is 0 Å². The zero-order valence-corrected chi connectivity index (χ0v) is 10.6. The summed E-state index contributed by atoms with van der Waals surface area (Å²) in [5, 5.41) is 3.46. The van der Waals surface area contributed by atoms with Crippen molar-refractivity contribution in [1.29, 1.82) is 0 Å². The Morgan fingerprint density at radius 2 is 1.56 bits per heavy atom. The molecule has 0 amide bonds. The van der Waals surface area contributed by atoms with Crippen molar-refractivity contribution in [3.8, 4) is 11.5 Å². The van der Waals surface area contributed by atoms with Crippen molar-refractivity contribution in [2.24, 2.45) is 0 Å². The first-order chi connectivity index (χ1) is 8.93. The SMILES string of the molecule is c1c2c(c(C3CCNCC3)c3c1OCC3)CCO2. The van der Waals surface area contributed by atoms with E-state index < -0.39 is 0 Å². The normalized spacial score (nSPS) is 22.2. The molecule has 0 unspecified atom stereocenters. The molecule has 3 heterocycles. The molecule has 4 rings (SSSR count). The minimum atomic E-state index is 0.707. The Bertz CT molecular complexity index is 446. The van der Waals surface area contributed by atoms with Gasteiger partial charge in [0, 0.05) is 30.0 Å². The number of benzene rings is 1. The number of nitrogens with one attached hydrogen (secondary N) is 1. The Balaban J connectivity index is 1.84. The summed E-state index contributed by atoms with van der Waals surface area (Å²) in [4.78, 5) is 0. The molecule has 0 radical (unpaired) electrons. The standard InChI is InChI=1S/C15H19NO2/c1-5-16-6-2-10(1)15-11-3-7-17-13(11)9-14-12(15)4-8-18-14/h9-10,16H,1-8H2. The fourth-order valence-electron chi connectivity index (χ4n) is 3.64. The fraction of sp³-hybridized carbons (Fsp3) is 0.600. The molecule has 3 aliphatic rings. The molecule has 1 aromatic rings. The maximum absolute atomic E-state index is 5.76. The van der Waals surface area contributed by atoms with Gasteiger partial charge in [0.1, 0.15) is 11.5 Å². The van der Waals surface area contributed by atoms with Gasteiger partial charge in [-0.25, -0.2) is 0 Å². The predicted molar refractivity (Wildman–Crippen MR) is 69.7 cm³/mol. The lowest BCUT2D eigenvalue weighted by atomic mass is 9.82. The van der Waals surface area contributed by atoms with E-state index in [1.54, 1.807) is 5.56 Å². The Labute approximate surface area is 107 Å². The Hall–Kier alpha value is -1.22.